The quantitative estimate of drug-likeness (QED) is 0.751. The molecule has 0 amide bonds. The number of carbonyl (C=O) groups is 2. The predicted molar refractivity (Wildman–Crippen MR) is 61.5 cm³/mol. The number of aliphatic hydroxyl groups is 1. The maximum atomic E-state index is 11.3. The molecule has 1 aliphatic rings. The van der Waals surface area contributed by atoms with Crippen LogP contribution in [-0.2, 0) is 23.8 Å². The summed E-state index contributed by atoms with van der Waals surface area (Å²) in [5, 5.41) is 9.75. The lowest BCUT2D eigenvalue weighted by molar-refractivity contribution is -0.256. The molecular formula is C12H20O6. The van der Waals surface area contributed by atoms with E-state index in [9.17, 15) is 14.7 Å². The van der Waals surface area contributed by atoms with Gasteiger partial charge >= 0.3 is 11.9 Å². The third-order valence-corrected chi connectivity index (χ3v) is 2.71. The van der Waals surface area contributed by atoms with Crippen molar-refractivity contribution < 1.29 is 28.9 Å². The third-order valence-electron chi connectivity index (χ3n) is 2.71. The minimum Gasteiger partial charge on any atom is -0.458 e. The first-order valence-corrected chi connectivity index (χ1v) is 6.20. The summed E-state index contributed by atoms with van der Waals surface area (Å²) in [5.74, 6) is -0.853. The van der Waals surface area contributed by atoms with E-state index < -0.39 is 24.5 Å². The molecule has 0 aliphatic carbocycles. The molecule has 6 heteroatoms. The van der Waals surface area contributed by atoms with Crippen LogP contribution in [0, 0.1) is 0 Å². The summed E-state index contributed by atoms with van der Waals surface area (Å²) in [7, 11) is 0. The lowest BCUT2D eigenvalue weighted by Gasteiger charge is -2.37. The van der Waals surface area contributed by atoms with Gasteiger partial charge in [-0.3, -0.25) is 9.59 Å². The Morgan fingerprint density at radius 2 is 1.78 bits per heavy atom. The van der Waals surface area contributed by atoms with Gasteiger partial charge in [0.25, 0.3) is 0 Å². The molecule has 1 heterocycles. The minimum atomic E-state index is -1.26. The van der Waals surface area contributed by atoms with Gasteiger partial charge in [-0.1, -0.05) is 13.8 Å². The molecule has 0 bridgehead atoms. The van der Waals surface area contributed by atoms with E-state index in [1.54, 1.807) is 20.8 Å². The third kappa shape index (κ3) is 3.96. The van der Waals surface area contributed by atoms with Crippen molar-refractivity contribution in [1.82, 2.24) is 0 Å². The fourth-order valence-corrected chi connectivity index (χ4v) is 1.75. The van der Waals surface area contributed by atoms with Crippen molar-refractivity contribution in [3.05, 3.63) is 0 Å². The molecule has 0 spiro atoms. The number of hydrogen-bond acceptors (Lipinski definition) is 6. The molecule has 1 saturated heterocycles. The largest absolute Gasteiger partial charge is 0.458 e. The van der Waals surface area contributed by atoms with Gasteiger partial charge in [0.15, 0.2) is 12.4 Å². The minimum absolute atomic E-state index is 0.188. The van der Waals surface area contributed by atoms with E-state index >= 15 is 0 Å². The van der Waals surface area contributed by atoms with E-state index in [0.29, 0.717) is 6.42 Å². The summed E-state index contributed by atoms with van der Waals surface area (Å²) in [5.41, 5.74) is 0. The Hall–Kier alpha value is -1.14. The van der Waals surface area contributed by atoms with E-state index in [4.69, 9.17) is 14.2 Å². The fourth-order valence-electron chi connectivity index (χ4n) is 1.75. The molecule has 18 heavy (non-hydrogen) atoms. The Morgan fingerprint density at radius 1 is 1.22 bits per heavy atom. The molecule has 6 nitrogen and oxygen atoms in total. The molecule has 4 atom stereocenters. The van der Waals surface area contributed by atoms with E-state index in [1.807, 2.05) is 0 Å². The summed E-state index contributed by atoms with van der Waals surface area (Å²) >= 11 is 0. The topological polar surface area (TPSA) is 82.1 Å². The van der Waals surface area contributed by atoms with Crippen LogP contribution in [0.25, 0.3) is 0 Å². The van der Waals surface area contributed by atoms with Gasteiger partial charge in [-0.25, -0.2) is 0 Å². The molecule has 1 unspecified atom stereocenters. The average molecular weight is 260 g/mol. The zero-order valence-corrected chi connectivity index (χ0v) is 10.9. The number of carbonyl (C=O) groups excluding carboxylic acids is 2. The Labute approximate surface area is 106 Å². The molecule has 0 saturated carbocycles. The maximum absolute atomic E-state index is 11.3. The van der Waals surface area contributed by atoms with Crippen molar-refractivity contribution in [2.75, 3.05) is 0 Å². The Bertz CT molecular complexity index is 303. The van der Waals surface area contributed by atoms with Crippen molar-refractivity contribution in [3.63, 3.8) is 0 Å². The summed E-state index contributed by atoms with van der Waals surface area (Å²) in [6, 6.07) is 0. The van der Waals surface area contributed by atoms with Crippen LogP contribution in [0.1, 0.15) is 40.0 Å². The van der Waals surface area contributed by atoms with Crippen LogP contribution in [0.15, 0.2) is 0 Å². The first-order chi connectivity index (χ1) is 8.47. The van der Waals surface area contributed by atoms with Crippen LogP contribution in [0.4, 0.5) is 0 Å². The molecule has 0 aromatic rings. The molecular weight excluding hydrogens is 240 g/mol. The number of aliphatic hydroxyl groups excluding tert-OH is 1. The number of esters is 2. The molecule has 1 rings (SSSR count). The van der Waals surface area contributed by atoms with Gasteiger partial charge in [-0.2, -0.15) is 0 Å². The van der Waals surface area contributed by atoms with Crippen LogP contribution in [-0.4, -0.2) is 41.6 Å². The Kier molecular flexibility index (Phi) is 5.55. The molecule has 1 fully saturated rings. The van der Waals surface area contributed by atoms with Gasteiger partial charge < -0.3 is 19.3 Å². The van der Waals surface area contributed by atoms with Crippen LogP contribution in [0.2, 0.25) is 0 Å². The monoisotopic (exact) mass is 260 g/mol. The van der Waals surface area contributed by atoms with E-state index in [2.05, 4.69) is 0 Å². The van der Waals surface area contributed by atoms with Crippen molar-refractivity contribution in [1.29, 1.82) is 0 Å². The lowest BCUT2D eigenvalue weighted by Crippen LogP contribution is -2.51. The lowest BCUT2D eigenvalue weighted by atomic mass is 10.0. The van der Waals surface area contributed by atoms with E-state index in [1.165, 1.54) is 0 Å². The highest BCUT2D eigenvalue weighted by atomic mass is 16.7. The summed E-state index contributed by atoms with van der Waals surface area (Å²) < 4.78 is 15.4. The second kappa shape index (κ2) is 6.70. The van der Waals surface area contributed by atoms with Gasteiger partial charge in [-0.15, -0.1) is 0 Å². The highest BCUT2D eigenvalue weighted by Crippen LogP contribution is 2.24. The smallest absolute Gasteiger partial charge is 0.306 e. The SMILES string of the molecule is CCC(=O)O[C@@H]1C(O)O[C@@H](C)C[C@H]1OC(=O)CC. The highest BCUT2D eigenvalue weighted by Gasteiger charge is 2.41. The first-order valence-electron chi connectivity index (χ1n) is 6.20. The Balaban J connectivity index is 2.71. The van der Waals surface area contributed by atoms with Gasteiger partial charge in [0, 0.05) is 19.3 Å². The summed E-state index contributed by atoms with van der Waals surface area (Å²) in [6.45, 7) is 5.08. The molecule has 104 valence electrons. The van der Waals surface area contributed by atoms with Crippen LogP contribution in [0.3, 0.4) is 0 Å². The Morgan fingerprint density at radius 3 is 2.33 bits per heavy atom. The zero-order valence-electron chi connectivity index (χ0n) is 10.9. The van der Waals surface area contributed by atoms with Crippen molar-refractivity contribution in [2.45, 2.75) is 64.6 Å². The molecule has 0 aromatic heterocycles. The number of rotatable bonds is 4. The van der Waals surface area contributed by atoms with Crippen molar-refractivity contribution in [2.24, 2.45) is 0 Å². The van der Waals surface area contributed by atoms with Crippen LogP contribution >= 0.6 is 0 Å². The predicted octanol–water partition coefficient (Wildman–Crippen LogP) is 0.757. The van der Waals surface area contributed by atoms with Gasteiger partial charge in [-0.05, 0) is 6.92 Å². The summed E-state index contributed by atoms with van der Waals surface area (Å²) in [6.07, 6.45) is -2.32. The fraction of sp³-hybridized carbons (Fsp3) is 0.833. The second-order valence-corrected chi connectivity index (χ2v) is 4.26. The molecule has 1 aliphatic heterocycles. The van der Waals surface area contributed by atoms with Crippen LogP contribution < -0.4 is 0 Å². The van der Waals surface area contributed by atoms with Crippen molar-refractivity contribution in [3.8, 4) is 0 Å². The van der Waals surface area contributed by atoms with Gasteiger partial charge in [0.2, 0.25) is 0 Å². The van der Waals surface area contributed by atoms with E-state index in [0.717, 1.165) is 0 Å². The van der Waals surface area contributed by atoms with Gasteiger partial charge in [0.05, 0.1) is 6.10 Å². The van der Waals surface area contributed by atoms with E-state index in [-0.39, 0.29) is 24.9 Å². The number of ether oxygens (including phenoxy) is 3. The van der Waals surface area contributed by atoms with Crippen molar-refractivity contribution >= 4 is 11.9 Å². The normalized spacial score (nSPS) is 31.8. The molecule has 1 N–H and O–H groups in total. The number of hydrogen-bond donors (Lipinski definition) is 1. The summed E-state index contributed by atoms with van der Waals surface area (Å²) in [4.78, 5) is 22.6. The molecule has 0 aromatic carbocycles. The maximum Gasteiger partial charge on any atom is 0.306 e. The zero-order chi connectivity index (χ0) is 13.7. The van der Waals surface area contributed by atoms with Crippen LogP contribution in [0.5, 0.6) is 0 Å². The molecule has 0 radical (unpaired) electrons. The standard InChI is InChI=1S/C12H20O6/c1-4-9(13)17-8-6-7(3)16-12(15)11(8)18-10(14)5-2/h7-8,11-12,15H,4-6H2,1-3H3/t7-,8+,11-,12?/m0/s1. The average Bonchev–Trinajstić information content (AvgIpc) is 2.32. The highest BCUT2D eigenvalue weighted by molar-refractivity contribution is 5.70. The second-order valence-electron chi connectivity index (χ2n) is 4.26. The first kappa shape index (κ1) is 14.9. The van der Waals surface area contributed by atoms with Gasteiger partial charge in [0.1, 0.15) is 6.10 Å².